The number of thiol groups is 1. The number of carbonyl (C=O) groups excluding carboxylic acids is 10. The van der Waals surface area contributed by atoms with Gasteiger partial charge in [-0.2, -0.15) is 12.6 Å². The van der Waals surface area contributed by atoms with Crippen molar-refractivity contribution in [3.8, 4) is 0 Å². The van der Waals surface area contributed by atoms with Crippen LogP contribution in [-0.4, -0.2) is 130 Å². The van der Waals surface area contributed by atoms with E-state index in [0.29, 0.717) is 38.5 Å². The van der Waals surface area contributed by atoms with Gasteiger partial charge in [-0.1, -0.05) is 213 Å². The smallest absolute Gasteiger partial charge is 0.268 e. The fourth-order valence-corrected chi connectivity index (χ4v) is 16.0. The molecule has 5 aromatic rings. The van der Waals surface area contributed by atoms with Crippen LogP contribution in [0.15, 0.2) is 121 Å². The molecule has 107 heavy (non-hydrogen) atoms. The summed E-state index contributed by atoms with van der Waals surface area (Å²) in [6.45, 7) is 10.5. The molecular weight excluding hydrogens is 1390 g/mol. The van der Waals surface area contributed by atoms with Gasteiger partial charge >= 0.3 is 0 Å². The lowest BCUT2D eigenvalue weighted by Gasteiger charge is -2.33. The quantitative estimate of drug-likeness (QED) is 0.0136. The summed E-state index contributed by atoms with van der Waals surface area (Å²) in [5.74, 6) is -5.44. The molecule has 5 aromatic carbocycles. The van der Waals surface area contributed by atoms with Gasteiger partial charge in [0.1, 0.15) is 36.9 Å². The summed E-state index contributed by atoms with van der Waals surface area (Å²) in [6.07, 6.45) is 14.2. The van der Waals surface area contributed by atoms with Gasteiger partial charge in [-0.05, 0) is 134 Å². The Morgan fingerprint density at radius 2 is 0.682 bits per heavy atom. The number of nitrogens with one attached hydrogen (secondary N) is 10. The minimum absolute atomic E-state index is 0.0574. The summed E-state index contributed by atoms with van der Waals surface area (Å²) in [5.41, 5.74) is 20.9. The molecule has 0 spiro atoms. The largest absolute Gasteiger partial charge is 0.346 e. The lowest BCUT2D eigenvalue weighted by Crippen LogP contribution is -2.59. The van der Waals surface area contributed by atoms with Gasteiger partial charge in [0.25, 0.3) is 29.5 Å². The number of aryl methyl sites for hydroxylation is 5. The van der Waals surface area contributed by atoms with Gasteiger partial charge in [0.05, 0.1) is 33.6 Å². The molecule has 5 aliphatic rings. The highest BCUT2D eigenvalue weighted by molar-refractivity contribution is 7.80. The van der Waals surface area contributed by atoms with Crippen LogP contribution >= 0.6 is 12.6 Å². The van der Waals surface area contributed by atoms with Crippen LogP contribution in [0.2, 0.25) is 0 Å². The zero-order valence-electron chi connectivity index (χ0n) is 62.2. The second kappa shape index (κ2) is 38.6. The molecule has 0 bridgehead atoms. The predicted molar refractivity (Wildman–Crippen MR) is 403 cm³/mol. The van der Waals surface area contributed by atoms with E-state index >= 15 is 0 Å². The van der Waals surface area contributed by atoms with Crippen molar-refractivity contribution in [2.75, 3.05) is 25.4 Å². The molecule has 5 saturated carbocycles. The molecule has 0 aliphatic heterocycles. The molecule has 5 unspecified atom stereocenters. The number of hydrogen-bond donors (Lipinski definition) is 15. The summed E-state index contributed by atoms with van der Waals surface area (Å²) >= 11 is 4.37. The second-order valence-electron chi connectivity index (χ2n) is 29.5. The third-order valence-corrected chi connectivity index (χ3v) is 22.7. The monoisotopic (exact) mass is 1490 g/mol. The third kappa shape index (κ3) is 20.2. The molecule has 15 N–H and O–H groups in total. The van der Waals surface area contributed by atoms with E-state index in [1.807, 2.05) is 156 Å². The topological polar surface area (TPSA) is 396 Å². The van der Waals surface area contributed by atoms with Gasteiger partial charge in [0.15, 0.2) is 0 Å². The zero-order valence-corrected chi connectivity index (χ0v) is 63.1. The Hall–Kier alpha value is -9.09. The van der Waals surface area contributed by atoms with E-state index in [2.05, 4.69) is 50.2 Å². The minimum Gasteiger partial charge on any atom is -0.346 e. The van der Waals surface area contributed by atoms with Gasteiger partial charge in [0, 0.05) is 12.3 Å². The Morgan fingerprint density at radius 3 is 0.981 bits per heavy atom. The Labute approximate surface area is 631 Å². The van der Waals surface area contributed by atoms with Crippen LogP contribution in [0.3, 0.4) is 0 Å². The highest BCUT2D eigenvalue weighted by atomic mass is 32.1. The molecule has 0 saturated heterocycles. The highest BCUT2D eigenvalue weighted by Crippen LogP contribution is 2.46. The minimum atomic E-state index is -1.47. The van der Waals surface area contributed by atoms with Crippen LogP contribution in [0.4, 0.5) is 0 Å². The van der Waals surface area contributed by atoms with Crippen molar-refractivity contribution in [2.24, 2.45) is 5.73 Å². The first-order valence-electron chi connectivity index (χ1n) is 37.2. The van der Waals surface area contributed by atoms with Crippen LogP contribution in [0, 0.1) is 34.6 Å². The van der Waals surface area contributed by atoms with Crippen molar-refractivity contribution in [1.29, 1.82) is 0 Å². The standard InChI is InChI=1S/C49H64N6O9S.C16H23N3O3.C15H20N2O3/c1-31-11-17-35(18-12-31)47(23-5-6-24-47)44(59)50-38(41(56)53-62)29-63-54-43(58)40(52-46(61)49(27-9-10-28-49)37-21-15-33(3)16-22-37)34(4)64-55-42(57)39(30-65)51-45(60)48(25-7-8-26-48)36-19-13-32(2)14-20-36;1-11-4-6-12(7-5-11)16(8-2-3-9-16)15(21)18-13(10-17)14(20)19-22;1-11-4-6-12(7-5-11)15(8-2-3-9-15)14(19)16-10-13(18)17-20/h11-22,34,38-40,62,65H,5-10,23-30H2,1-4H3,(H,50,59)(H,51,60)(H,52,61)(H,53,56)(H,54,58)(H,55,57);4-7,13,22H,2-3,8-10,17H2,1H3,(H,18,21)(H,19,20);4-7,20H,2-3,8-10H2,1H3,(H,16,19)(H,17,18). The van der Waals surface area contributed by atoms with Crippen molar-refractivity contribution in [1.82, 2.24) is 54.0 Å². The number of nitrogens with two attached hydrogens (primary N) is 1. The Bertz CT molecular complexity index is 3850. The molecule has 26 nitrogen and oxygen atoms in total. The average Bonchev–Trinajstić information content (AvgIpc) is 1.73. The van der Waals surface area contributed by atoms with Gasteiger partial charge in [-0.15, -0.1) is 0 Å². The van der Waals surface area contributed by atoms with E-state index in [1.165, 1.54) is 17.9 Å². The molecule has 5 aliphatic carbocycles. The predicted octanol–water partition coefficient (Wildman–Crippen LogP) is 7.01. The number of hydroxylamine groups is 5. The van der Waals surface area contributed by atoms with Gasteiger partial charge in [-0.3, -0.25) is 73.2 Å². The maximum absolute atomic E-state index is 14.4. The van der Waals surface area contributed by atoms with E-state index in [0.717, 1.165) is 146 Å². The van der Waals surface area contributed by atoms with Crippen molar-refractivity contribution >= 4 is 71.7 Å². The van der Waals surface area contributed by atoms with Gasteiger partial charge in [0.2, 0.25) is 29.5 Å². The SMILES string of the molecule is Cc1ccc(C2(C(=O)NC(CN)C(=O)NO)CCCC2)cc1.Cc1ccc(C2(C(=O)NC(CONC(=O)C(NC(=O)C3(c4ccc(C)cc4)CCCC3)C(C)ONC(=O)C(CS)NC(=O)C3(c4ccc(C)cc4)CCCC3)C(=O)NO)CCCC2)cc1.Cc1ccc(C2(C(=O)NCC(=O)NO)CCCC2)cc1. The molecule has 0 heterocycles. The number of amides is 10. The Kier molecular flexibility index (Phi) is 30.2. The van der Waals surface area contributed by atoms with Crippen LogP contribution in [0.25, 0.3) is 0 Å². The Morgan fingerprint density at radius 1 is 0.393 bits per heavy atom. The van der Waals surface area contributed by atoms with Gasteiger partial charge in [-0.25, -0.2) is 27.4 Å². The second-order valence-corrected chi connectivity index (χ2v) is 29.8. The zero-order chi connectivity index (χ0) is 77.5. The van der Waals surface area contributed by atoms with Crippen LogP contribution < -0.4 is 59.7 Å². The summed E-state index contributed by atoms with van der Waals surface area (Å²) in [5, 5.41) is 40.6. The van der Waals surface area contributed by atoms with E-state index < -0.39 is 105 Å². The third-order valence-electron chi connectivity index (χ3n) is 22.3. The molecule has 5 atom stereocenters. The fourth-order valence-electron chi connectivity index (χ4n) is 15.7. The Balaban J connectivity index is 0.000000276. The lowest BCUT2D eigenvalue weighted by molar-refractivity contribution is -0.153. The molecule has 10 amide bonds. The highest BCUT2D eigenvalue weighted by Gasteiger charge is 2.49. The maximum Gasteiger partial charge on any atom is 0.268 e. The number of carbonyl (C=O) groups is 10. The number of benzene rings is 5. The number of hydrogen-bond acceptors (Lipinski definition) is 17. The summed E-state index contributed by atoms with van der Waals surface area (Å²) < 4.78 is 0. The van der Waals surface area contributed by atoms with E-state index in [1.54, 1.807) is 5.48 Å². The van der Waals surface area contributed by atoms with Crippen molar-refractivity contribution in [2.45, 2.75) is 227 Å². The summed E-state index contributed by atoms with van der Waals surface area (Å²) in [7, 11) is 0. The van der Waals surface area contributed by atoms with E-state index in [9.17, 15) is 53.2 Å². The average molecular weight is 1490 g/mol. The van der Waals surface area contributed by atoms with E-state index in [4.69, 9.17) is 25.8 Å². The first kappa shape index (κ1) is 83.5. The molecule has 0 aromatic heterocycles. The first-order valence-corrected chi connectivity index (χ1v) is 37.8. The summed E-state index contributed by atoms with van der Waals surface area (Å²) in [6, 6.07) is 34.2. The van der Waals surface area contributed by atoms with E-state index in [-0.39, 0.29) is 36.6 Å². The molecular formula is C80H107N11O15S. The van der Waals surface area contributed by atoms with Crippen molar-refractivity contribution < 1.29 is 73.2 Å². The number of rotatable bonds is 28. The van der Waals surface area contributed by atoms with Crippen LogP contribution in [0.5, 0.6) is 0 Å². The van der Waals surface area contributed by atoms with Crippen LogP contribution in [-0.2, 0) is 84.7 Å². The van der Waals surface area contributed by atoms with Crippen molar-refractivity contribution in [3.63, 3.8) is 0 Å². The first-order chi connectivity index (χ1) is 51.3. The molecule has 10 rings (SSSR count). The molecule has 27 heteroatoms. The molecule has 578 valence electrons. The van der Waals surface area contributed by atoms with Crippen LogP contribution in [0.1, 0.15) is 191 Å². The molecule has 0 radical (unpaired) electrons. The summed E-state index contributed by atoms with van der Waals surface area (Å²) in [4.78, 5) is 142. The fraction of sp³-hybridized carbons (Fsp3) is 0.500. The molecule has 5 fully saturated rings. The normalized spacial score (nSPS) is 18.3. The maximum atomic E-state index is 14.4. The lowest BCUT2D eigenvalue weighted by atomic mass is 9.77. The van der Waals surface area contributed by atoms with Gasteiger partial charge < -0.3 is 32.3 Å². The van der Waals surface area contributed by atoms with Crippen molar-refractivity contribution in [3.05, 3.63) is 177 Å².